The molecule has 1 N–H and O–H groups in total. The second-order valence-electron chi connectivity index (χ2n) is 6.10. The molecule has 0 radical (unpaired) electrons. The summed E-state index contributed by atoms with van der Waals surface area (Å²) in [4.78, 5) is 16.8. The summed E-state index contributed by atoms with van der Waals surface area (Å²) in [6.07, 6.45) is 6.00. The van der Waals surface area contributed by atoms with Crippen LogP contribution >= 0.6 is 0 Å². The van der Waals surface area contributed by atoms with E-state index < -0.39 is 0 Å². The average Bonchev–Trinajstić information content (AvgIpc) is 3.26. The number of hydrogen-bond donors (Lipinski definition) is 1. The number of furan rings is 1. The van der Waals surface area contributed by atoms with Gasteiger partial charge >= 0.3 is 0 Å². The van der Waals surface area contributed by atoms with Gasteiger partial charge in [-0.15, -0.1) is 0 Å². The highest BCUT2D eigenvalue weighted by atomic mass is 16.3. The van der Waals surface area contributed by atoms with Crippen molar-refractivity contribution in [3.05, 3.63) is 90.1 Å². The van der Waals surface area contributed by atoms with Gasteiger partial charge in [0.1, 0.15) is 5.76 Å². The number of hydrogen-bond acceptors (Lipinski definition) is 3. The number of carbonyl (C=O) groups is 1. The quantitative estimate of drug-likeness (QED) is 0.780. The van der Waals surface area contributed by atoms with Crippen LogP contribution in [0.4, 0.5) is 0 Å². The third-order valence-electron chi connectivity index (χ3n) is 4.49. The van der Waals surface area contributed by atoms with Crippen LogP contribution in [0.2, 0.25) is 0 Å². The largest absolute Gasteiger partial charge is 0.469 e. The number of aromatic nitrogens is 1. The van der Waals surface area contributed by atoms with E-state index in [0.717, 1.165) is 23.3 Å². The molecule has 1 aromatic carbocycles. The maximum Gasteiger partial charge on any atom is 0.224 e. The maximum absolute atomic E-state index is 12.7. The van der Waals surface area contributed by atoms with Crippen molar-refractivity contribution in [1.29, 1.82) is 0 Å². The van der Waals surface area contributed by atoms with E-state index in [0.29, 0.717) is 0 Å². The van der Waals surface area contributed by atoms with Crippen molar-refractivity contribution >= 4 is 5.91 Å². The first-order chi connectivity index (χ1) is 11.8. The van der Waals surface area contributed by atoms with E-state index in [1.807, 2.05) is 54.6 Å². The molecule has 1 fully saturated rings. The summed E-state index contributed by atoms with van der Waals surface area (Å²) in [6.45, 7) is 0. The Bertz CT molecular complexity index is 761. The average molecular weight is 318 g/mol. The van der Waals surface area contributed by atoms with E-state index in [4.69, 9.17) is 4.42 Å². The Kier molecular flexibility index (Phi) is 3.87. The number of nitrogens with zero attached hydrogens (tertiary/aromatic N) is 1. The predicted octanol–water partition coefficient (Wildman–Crippen LogP) is 3.68. The molecule has 3 aromatic rings. The molecule has 0 aliphatic heterocycles. The van der Waals surface area contributed by atoms with Gasteiger partial charge in [-0.25, -0.2) is 0 Å². The smallest absolute Gasteiger partial charge is 0.224 e. The summed E-state index contributed by atoms with van der Waals surface area (Å²) in [7, 11) is 0. The zero-order chi connectivity index (χ0) is 16.4. The molecule has 4 nitrogen and oxygen atoms in total. The molecule has 1 aliphatic rings. The molecule has 0 spiro atoms. The standard InChI is InChI=1S/C20H18N2O2/c23-20(17-13-16(17)18-7-4-12-24-18)22-19(14-5-2-1-3-6-14)15-8-10-21-11-9-15/h1-12,16-17,19H,13H2,(H,22,23). The van der Waals surface area contributed by atoms with Crippen molar-refractivity contribution in [2.75, 3.05) is 0 Å². The summed E-state index contributed by atoms with van der Waals surface area (Å²) in [6, 6.07) is 17.5. The van der Waals surface area contributed by atoms with Crippen LogP contribution in [0.5, 0.6) is 0 Å². The Morgan fingerprint density at radius 2 is 1.79 bits per heavy atom. The Morgan fingerprint density at radius 1 is 1.04 bits per heavy atom. The second kappa shape index (κ2) is 6.32. The van der Waals surface area contributed by atoms with Crippen molar-refractivity contribution in [3.8, 4) is 0 Å². The molecule has 4 rings (SSSR count). The van der Waals surface area contributed by atoms with Gasteiger partial charge in [0.05, 0.1) is 12.3 Å². The van der Waals surface area contributed by atoms with E-state index in [1.165, 1.54) is 0 Å². The third kappa shape index (κ3) is 2.95. The second-order valence-corrected chi connectivity index (χ2v) is 6.10. The van der Waals surface area contributed by atoms with Crippen LogP contribution in [0.25, 0.3) is 0 Å². The number of amides is 1. The van der Waals surface area contributed by atoms with Crippen LogP contribution in [-0.2, 0) is 4.79 Å². The molecular formula is C20H18N2O2. The van der Waals surface area contributed by atoms with Crippen LogP contribution in [0.15, 0.2) is 77.7 Å². The lowest BCUT2D eigenvalue weighted by atomic mass is 9.99. The van der Waals surface area contributed by atoms with E-state index in [2.05, 4.69) is 10.3 Å². The van der Waals surface area contributed by atoms with Crippen LogP contribution in [-0.4, -0.2) is 10.9 Å². The predicted molar refractivity (Wildman–Crippen MR) is 90.2 cm³/mol. The number of carbonyl (C=O) groups excluding carboxylic acids is 1. The number of nitrogens with one attached hydrogen (secondary N) is 1. The Hall–Kier alpha value is -2.88. The molecule has 3 atom stereocenters. The minimum atomic E-state index is -0.167. The lowest BCUT2D eigenvalue weighted by Crippen LogP contribution is -2.30. The summed E-state index contributed by atoms with van der Waals surface area (Å²) in [5, 5.41) is 3.20. The van der Waals surface area contributed by atoms with Gasteiger partial charge < -0.3 is 9.73 Å². The number of rotatable bonds is 5. The van der Waals surface area contributed by atoms with E-state index in [1.54, 1.807) is 18.7 Å². The maximum atomic E-state index is 12.7. The number of pyridine rings is 1. The van der Waals surface area contributed by atoms with Gasteiger partial charge in [-0.05, 0) is 41.8 Å². The van der Waals surface area contributed by atoms with Gasteiger partial charge in [0.2, 0.25) is 5.91 Å². The Labute approximate surface area is 140 Å². The molecule has 0 bridgehead atoms. The Balaban J connectivity index is 1.54. The fraction of sp³-hybridized carbons (Fsp3) is 0.200. The van der Waals surface area contributed by atoms with Gasteiger partial charge in [0.15, 0.2) is 0 Å². The fourth-order valence-electron chi connectivity index (χ4n) is 3.11. The number of benzene rings is 1. The summed E-state index contributed by atoms with van der Waals surface area (Å²) in [5.41, 5.74) is 2.09. The van der Waals surface area contributed by atoms with Gasteiger partial charge in [-0.2, -0.15) is 0 Å². The van der Waals surface area contributed by atoms with E-state index in [9.17, 15) is 4.79 Å². The zero-order valence-electron chi connectivity index (χ0n) is 13.1. The fourth-order valence-corrected chi connectivity index (χ4v) is 3.11. The molecule has 2 heterocycles. The first-order valence-corrected chi connectivity index (χ1v) is 8.11. The first kappa shape index (κ1) is 14.7. The first-order valence-electron chi connectivity index (χ1n) is 8.11. The van der Waals surface area contributed by atoms with Gasteiger partial charge in [-0.1, -0.05) is 30.3 Å². The summed E-state index contributed by atoms with van der Waals surface area (Å²) in [5.74, 6) is 1.16. The Morgan fingerprint density at radius 3 is 2.50 bits per heavy atom. The molecule has 120 valence electrons. The molecule has 1 saturated carbocycles. The molecule has 2 aromatic heterocycles. The minimum Gasteiger partial charge on any atom is -0.469 e. The van der Waals surface area contributed by atoms with Crippen LogP contribution < -0.4 is 5.32 Å². The zero-order valence-corrected chi connectivity index (χ0v) is 13.1. The summed E-state index contributed by atoms with van der Waals surface area (Å²) < 4.78 is 5.42. The molecular weight excluding hydrogens is 300 g/mol. The topological polar surface area (TPSA) is 55.1 Å². The minimum absolute atomic E-state index is 0.0100. The lowest BCUT2D eigenvalue weighted by Gasteiger charge is -2.19. The van der Waals surface area contributed by atoms with Crippen molar-refractivity contribution in [1.82, 2.24) is 10.3 Å². The molecule has 3 unspecified atom stereocenters. The van der Waals surface area contributed by atoms with Crippen molar-refractivity contribution in [2.45, 2.75) is 18.4 Å². The van der Waals surface area contributed by atoms with Crippen molar-refractivity contribution in [2.24, 2.45) is 5.92 Å². The summed E-state index contributed by atoms with van der Waals surface area (Å²) >= 11 is 0. The highest BCUT2D eigenvalue weighted by Crippen LogP contribution is 2.48. The van der Waals surface area contributed by atoms with Crippen molar-refractivity contribution < 1.29 is 9.21 Å². The van der Waals surface area contributed by atoms with E-state index >= 15 is 0 Å². The van der Waals surface area contributed by atoms with Gasteiger partial charge in [-0.3, -0.25) is 9.78 Å². The SMILES string of the molecule is O=C(NC(c1ccccc1)c1ccncc1)C1CC1c1ccco1. The lowest BCUT2D eigenvalue weighted by molar-refractivity contribution is -0.123. The van der Waals surface area contributed by atoms with Crippen LogP contribution in [0, 0.1) is 5.92 Å². The molecule has 1 aliphatic carbocycles. The monoisotopic (exact) mass is 318 g/mol. The molecule has 0 saturated heterocycles. The van der Waals surface area contributed by atoms with Gasteiger partial charge in [0, 0.05) is 24.2 Å². The van der Waals surface area contributed by atoms with Gasteiger partial charge in [0.25, 0.3) is 0 Å². The van der Waals surface area contributed by atoms with Crippen LogP contribution in [0.3, 0.4) is 0 Å². The highest BCUT2D eigenvalue weighted by Gasteiger charge is 2.46. The molecule has 1 amide bonds. The normalized spacial score (nSPS) is 20.3. The van der Waals surface area contributed by atoms with Crippen LogP contribution in [0.1, 0.15) is 35.3 Å². The van der Waals surface area contributed by atoms with E-state index in [-0.39, 0.29) is 23.8 Å². The van der Waals surface area contributed by atoms with Crippen molar-refractivity contribution in [3.63, 3.8) is 0 Å². The molecule has 24 heavy (non-hydrogen) atoms. The highest BCUT2D eigenvalue weighted by molar-refractivity contribution is 5.83. The third-order valence-corrected chi connectivity index (χ3v) is 4.49. The molecule has 4 heteroatoms.